The first-order valence-corrected chi connectivity index (χ1v) is 5.88. The maximum atomic E-state index is 13.6. The van der Waals surface area contributed by atoms with E-state index in [4.69, 9.17) is 4.74 Å². The molecule has 1 aromatic heterocycles. The van der Waals surface area contributed by atoms with Gasteiger partial charge in [-0.25, -0.2) is 9.37 Å². The molecule has 90 valence electrons. The van der Waals surface area contributed by atoms with E-state index in [2.05, 4.69) is 4.98 Å². The van der Waals surface area contributed by atoms with E-state index in [0.717, 1.165) is 9.88 Å². The van der Waals surface area contributed by atoms with E-state index in [1.165, 1.54) is 24.5 Å². The first-order chi connectivity index (χ1) is 8.15. The predicted octanol–water partition coefficient (Wildman–Crippen LogP) is 2.76. The molecule has 2 rings (SSSR count). The molecule has 1 heterocycles. The van der Waals surface area contributed by atoms with Crippen LogP contribution in [-0.2, 0) is 6.61 Å². The van der Waals surface area contributed by atoms with Gasteiger partial charge in [-0.3, -0.25) is 0 Å². The Morgan fingerprint density at radius 1 is 1.47 bits per heavy atom. The maximum Gasteiger partial charge on any atom is 0.165 e. The predicted molar refractivity (Wildman–Crippen MR) is 64.7 cm³/mol. The highest BCUT2D eigenvalue weighted by Gasteiger charge is 2.12. The molecule has 0 radical (unpaired) electrons. The Kier molecular flexibility index (Phi) is 3.40. The quantitative estimate of drug-likeness (QED) is 0.914. The maximum absolute atomic E-state index is 13.6. The van der Waals surface area contributed by atoms with Crippen LogP contribution in [0.15, 0.2) is 18.2 Å². The lowest BCUT2D eigenvalue weighted by Gasteiger charge is -2.04. The summed E-state index contributed by atoms with van der Waals surface area (Å²) in [5.74, 6) is -0.231. The number of halogens is 1. The third kappa shape index (κ3) is 2.30. The topological polar surface area (TPSA) is 42.4 Å². The van der Waals surface area contributed by atoms with Crippen LogP contribution in [-0.4, -0.2) is 17.2 Å². The zero-order chi connectivity index (χ0) is 12.4. The molecular formula is C12H12FNO2S. The fourth-order valence-corrected chi connectivity index (χ4v) is 2.43. The number of hydrogen-bond donors (Lipinski definition) is 1. The van der Waals surface area contributed by atoms with Gasteiger partial charge in [0.15, 0.2) is 11.6 Å². The Labute approximate surface area is 103 Å². The second kappa shape index (κ2) is 4.81. The second-order valence-corrected chi connectivity index (χ2v) is 4.80. The number of ether oxygens (including phenoxy) is 1. The van der Waals surface area contributed by atoms with Crippen molar-refractivity contribution in [2.24, 2.45) is 0 Å². The van der Waals surface area contributed by atoms with Crippen LogP contribution >= 0.6 is 11.3 Å². The van der Waals surface area contributed by atoms with Crippen LogP contribution in [0.2, 0.25) is 0 Å². The molecule has 0 aliphatic heterocycles. The molecule has 0 amide bonds. The molecule has 0 bridgehead atoms. The molecular weight excluding hydrogens is 241 g/mol. The van der Waals surface area contributed by atoms with Crippen molar-refractivity contribution in [1.29, 1.82) is 0 Å². The summed E-state index contributed by atoms with van der Waals surface area (Å²) in [5.41, 5.74) is 1.29. The number of aryl methyl sites for hydroxylation is 1. The van der Waals surface area contributed by atoms with Crippen molar-refractivity contribution in [2.75, 3.05) is 7.11 Å². The minimum absolute atomic E-state index is 0.0888. The second-order valence-electron chi connectivity index (χ2n) is 3.51. The molecule has 0 atom stereocenters. The molecule has 1 N–H and O–H groups in total. The lowest BCUT2D eigenvalue weighted by atomic mass is 10.1. The Balaban J connectivity index is 2.49. The van der Waals surface area contributed by atoms with Crippen molar-refractivity contribution in [3.8, 4) is 17.0 Å². The summed E-state index contributed by atoms with van der Waals surface area (Å²) in [4.78, 5) is 5.04. The van der Waals surface area contributed by atoms with Gasteiger partial charge in [0.1, 0.15) is 0 Å². The van der Waals surface area contributed by atoms with Gasteiger partial charge in [-0.2, -0.15) is 0 Å². The van der Waals surface area contributed by atoms with Gasteiger partial charge in [0.05, 0.1) is 29.3 Å². The van der Waals surface area contributed by atoms with E-state index in [0.29, 0.717) is 11.3 Å². The monoisotopic (exact) mass is 253 g/mol. The Bertz CT molecular complexity index is 539. The van der Waals surface area contributed by atoms with Crippen LogP contribution in [0.1, 0.15) is 9.88 Å². The smallest absolute Gasteiger partial charge is 0.165 e. The summed E-state index contributed by atoms with van der Waals surface area (Å²) >= 11 is 1.41. The minimum atomic E-state index is -0.431. The normalized spacial score (nSPS) is 10.6. The van der Waals surface area contributed by atoms with E-state index < -0.39 is 5.82 Å². The molecule has 5 heteroatoms. The fourth-order valence-electron chi connectivity index (χ4n) is 1.62. The largest absolute Gasteiger partial charge is 0.494 e. The highest BCUT2D eigenvalue weighted by molar-refractivity contribution is 7.12. The van der Waals surface area contributed by atoms with Gasteiger partial charge in [-0.15, -0.1) is 11.3 Å². The molecule has 0 spiro atoms. The number of thiazole rings is 1. The molecule has 3 nitrogen and oxygen atoms in total. The van der Waals surface area contributed by atoms with Crippen molar-refractivity contribution < 1.29 is 14.2 Å². The van der Waals surface area contributed by atoms with Gasteiger partial charge in [-0.1, -0.05) is 0 Å². The summed E-state index contributed by atoms with van der Waals surface area (Å²) in [5, 5.41) is 10.1. The van der Waals surface area contributed by atoms with Crippen molar-refractivity contribution in [2.45, 2.75) is 13.5 Å². The van der Waals surface area contributed by atoms with E-state index in [9.17, 15) is 9.50 Å². The van der Waals surface area contributed by atoms with Crippen LogP contribution < -0.4 is 4.74 Å². The van der Waals surface area contributed by atoms with Gasteiger partial charge in [-0.05, 0) is 25.1 Å². The van der Waals surface area contributed by atoms with Crippen molar-refractivity contribution in [3.05, 3.63) is 33.9 Å². The van der Waals surface area contributed by atoms with Crippen molar-refractivity contribution in [1.82, 2.24) is 4.98 Å². The third-order valence-electron chi connectivity index (χ3n) is 2.37. The lowest BCUT2D eigenvalue weighted by Crippen LogP contribution is -1.90. The molecule has 0 saturated heterocycles. The summed E-state index contributed by atoms with van der Waals surface area (Å²) in [7, 11) is 1.42. The van der Waals surface area contributed by atoms with E-state index in [1.807, 2.05) is 6.92 Å². The van der Waals surface area contributed by atoms with Crippen LogP contribution in [0.3, 0.4) is 0 Å². The zero-order valence-corrected chi connectivity index (χ0v) is 10.3. The minimum Gasteiger partial charge on any atom is -0.494 e. The number of nitrogens with zero attached hydrogens (tertiary/aromatic N) is 1. The van der Waals surface area contributed by atoms with Gasteiger partial charge in [0.25, 0.3) is 0 Å². The summed E-state index contributed by atoms with van der Waals surface area (Å²) in [6, 6.07) is 4.66. The number of aliphatic hydroxyl groups excluding tert-OH is 1. The zero-order valence-electron chi connectivity index (χ0n) is 9.53. The average molecular weight is 253 g/mol. The van der Waals surface area contributed by atoms with Crippen molar-refractivity contribution >= 4 is 11.3 Å². The van der Waals surface area contributed by atoms with Crippen LogP contribution in [0.5, 0.6) is 5.75 Å². The molecule has 0 aliphatic carbocycles. The van der Waals surface area contributed by atoms with Crippen LogP contribution in [0.4, 0.5) is 4.39 Å². The highest BCUT2D eigenvalue weighted by atomic mass is 32.1. The Morgan fingerprint density at radius 3 is 2.82 bits per heavy atom. The highest BCUT2D eigenvalue weighted by Crippen LogP contribution is 2.30. The number of hydrogen-bond acceptors (Lipinski definition) is 4. The molecule has 0 aliphatic rings. The SMILES string of the molecule is COc1ccc(-c2nc(C)sc2CO)cc1F. The van der Waals surface area contributed by atoms with Crippen LogP contribution in [0.25, 0.3) is 11.3 Å². The molecule has 0 fully saturated rings. The molecule has 17 heavy (non-hydrogen) atoms. The fraction of sp³-hybridized carbons (Fsp3) is 0.250. The van der Waals surface area contributed by atoms with Gasteiger partial charge in [0, 0.05) is 5.56 Å². The Morgan fingerprint density at radius 2 is 2.24 bits per heavy atom. The first-order valence-electron chi connectivity index (χ1n) is 5.06. The van der Waals surface area contributed by atoms with E-state index in [-0.39, 0.29) is 12.4 Å². The molecule has 1 aromatic carbocycles. The first kappa shape index (κ1) is 12.0. The number of benzene rings is 1. The standard InChI is InChI=1S/C12H12FNO2S/c1-7-14-12(11(6-15)17-7)8-3-4-10(16-2)9(13)5-8/h3-5,15H,6H2,1-2H3. The van der Waals surface area contributed by atoms with E-state index in [1.54, 1.807) is 12.1 Å². The molecule has 2 aromatic rings. The van der Waals surface area contributed by atoms with Gasteiger partial charge < -0.3 is 9.84 Å². The summed E-state index contributed by atoms with van der Waals surface area (Å²) in [6.45, 7) is 1.77. The van der Waals surface area contributed by atoms with Gasteiger partial charge in [0.2, 0.25) is 0 Å². The van der Waals surface area contributed by atoms with Gasteiger partial charge >= 0.3 is 0 Å². The number of aromatic nitrogens is 1. The summed E-state index contributed by atoms with van der Waals surface area (Å²) < 4.78 is 18.4. The van der Waals surface area contributed by atoms with Crippen LogP contribution in [0, 0.1) is 12.7 Å². The molecule has 0 unspecified atom stereocenters. The van der Waals surface area contributed by atoms with E-state index >= 15 is 0 Å². The lowest BCUT2D eigenvalue weighted by molar-refractivity contribution is 0.286. The number of methoxy groups -OCH3 is 1. The number of aliphatic hydroxyl groups is 1. The molecule has 0 saturated carbocycles. The van der Waals surface area contributed by atoms with Crippen molar-refractivity contribution in [3.63, 3.8) is 0 Å². The number of rotatable bonds is 3. The summed E-state index contributed by atoms with van der Waals surface area (Å²) in [6.07, 6.45) is 0. The Hall–Kier alpha value is -1.46. The third-order valence-corrected chi connectivity index (χ3v) is 3.33. The average Bonchev–Trinajstić information content (AvgIpc) is 2.70.